The van der Waals surface area contributed by atoms with Crippen molar-refractivity contribution in [3.63, 3.8) is 0 Å². The van der Waals surface area contributed by atoms with Crippen molar-refractivity contribution in [2.45, 2.75) is 45.1 Å². The summed E-state index contributed by atoms with van der Waals surface area (Å²) >= 11 is 0. The van der Waals surface area contributed by atoms with Crippen LogP contribution in [-0.4, -0.2) is 23.2 Å². The Morgan fingerprint density at radius 2 is 2.35 bits per heavy atom. The monoisotopic (exact) mass is 235 g/mol. The van der Waals surface area contributed by atoms with Gasteiger partial charge in [0.15, 0.2) is 0 Å². The minimum absolute atomic E-state index is 0.119. The molecule has 1 atom stereocenters. The summed E-state index contributed by atoms with van der Waals surface area (Å²) in [6.45, 7) is 3.44. The van der Waals surface area contributed by atoms with Crippen molar-refractivity contribution < 1.29 is 4.74 Å². The molecule has 1 aromatic rings. The van der Waals surface area contributed by atoms with Crippen LogP contribution in [0.5, 0.6) is 0 Å². The quantitative estimate of drug-likeness (QED) is 0.638. The van der Waals surface area contributed by atoms with Gasteiger partial charge in [-0.05, 0) is 26.2 Å². The molecule has 2 N–H and O–H groups in total. The van der Waals surface area contributed by atoms with Crippen molar-refractivity contribution >= 4 is 0 Å². The van der Waals surface area contributed by atoms with Crippen LogP contribution in [0.1, 0.15) is 49.3 Å². The molecule has 2 rings (SSSR count). The number of aryl methyl sites for hydroxylation is 1. The Bertz CT molecular complexity index is 368. The third-order valence-electron chi connectivity index (χ3n) is 3.20. The lowest BCUT2D eigenvalue weighted by atomic mass is 10.1. The first-order valence-electron chi connectivity index (χ1n) is 6.49. The Balaban J connectivity index is 2.09. The van der Waals surface area contributed by atoms with E-state index in [0.29, 0.717) is 6.61 Å². The fourth-order valence-electron chi connectivity index (χ4n) is 2.22. The van der Waals surface area contributed by atoms with Crippen molar-refractivity contribution in [3.8, 4) is 0 Å². The SMILES string of the molecule is CCOCCc1ncc2c(n1)CCCCC2N. The largest absolute Gasteiger partial charge is 0.381 e. The van der Waals surface area contributed by atoms with Crippen molar-refractivity contribution in [1.29, 1.82) is 0 Å². The third-order valence-corrected chi connectivity index (χ3v) is 3.20. The normalized spacial score (nSPS) is 19.8. The minimum Gasteiger partial charge on any atom is -0.381 e. The summed E-state index contributed by atoms with van der Waals surface area (Å²) in [7, 11) is 0. The highest BCUT2D eigenvalue weighted by atomic mass is 16.5. The van der Waals surface area contributed by atoms with Crippen LogP contribution in [-0.2, 0) is 17.6 Å². The molecule has 4 nitrogen and oxygen atoms in total. The Kier molecular flexibility index (Phi) is 4.45. The van der Waals surface area contributed by atoms with Crippen molar-refractivity contribution in [3.05, 3.63) is 23.3 Å². The summed E-state index contributed by atoms with van der Waals surface area (Å²) in [6, 6.07) is 0.119. The fourth-order valence-corrected chi connectivity index (χ4v) is 2.22. The van der Waals surface area contributed by atoms with Gasteiger partial charge in [-0.1, -0.05) is 6.42 Å². The number of nitrogens with zero attached hydrogens (tertiary/aromatic N) is 2. The van der Waals surface area contributed by atoms with Gasteiger partial charge in [0, 0.05) is 36.5 Å². The lowest BCUT2D eigenvalue weighted by molar-refractivity contribution is 0.149. The predicted octanol–water partition coefficient (Wildman–Crippen LogP) is 1.78. The summed E-state index contributed by atoms with van der Waals surface area (Å²) < 4.78 is 5.32. The van der Waals surface area contributed by atoms with E-state index in [1.165, 1.54) is 12.8 Å². The van der Waals surface area contributed by atoms with Crippen LogP contribution in [0.2, 0.25) is 0 Å². The molecule has 0 bridgehead atoms. The van der Waals surface area contributed by atoms with Crippen LogP contribution in [0, 0.1) is 0 Å². The molecule has 0 aromatic carbocycles. The summed E-state index contributed by atoms with van der Waals surface area (Å²) in [5.74, 6) is 0.881. The third kappa shape index (κ3) is 3.23. The molecule has 0 amide bonds. The van der Waals surface area contributed by atoms with E-state index in [1.54, 1.807) is 0 Å². The number of aromatic nitrogens is 2. The van der Waals surface area contributed by atoms with Crippen LogP contribution in [0.3, 0.4) is 0 Å². The molecule has 0 radical (unpaired) electrons. The first-order valence-corrected chi connectivity index (χ1v) is 6.49. The molecule has 17 heavy (non-hydrogen) atoms. The van der Waals surface area contributed by atoms with Crippen LogP contribution in [0.25, 0.3) is 0 Å². The first-order chi connectivity index (χ1) is 8.31. The van der Waals surface area contributed by atoms with Crippen molar-refractivity contribution in [2.24, 2.45) is 5.73 Å². The molecule has 0 saturated heterocycles. The zero-order valence-corrected chi connectivity index (χ0v) is 10.5. The zero-order valence-electron chi connectivity index (χ0n) is 10.5. The number of rotatable bonds is 4. The van der Waals surface area contributed by atoms with E-state index >= 15 is 0 Å². The average Bonchev–Trinajstić information content (AvgIpc) is 2.52. The molecule has 4 heteroatoms. The van der Waals surface area contributed by atoms with Gasteiger partial charge in [0.25, 0.3) is 0 Å². The number of nitrogens with two attached hydrogens (primary N) is 1. The molecule has 1 heterocycles. The maximum Gasteiger partial charge on any atom is 0.130 e. The van der Waals surface area contributed by atoms with Gasteiger partial charge in [0.1, 0.15) is 5.82 Å². The Hall–Kier alpha value is -1.00. The number of hydrogen-bond acceptors (Lipinski definition) is 4. The van der Waals surface area contributed by atoms with E-state index < -0.39 is 0 Å². The molecule has 0 fully saturated rings. The van der Waals surface area contributed by atoms with Crippen LogP contribution in [0.15, 0.2) is 6.20 Å². The Morgan fingerprint density at radius 1 is 1.47 bits per heavy atom. The van der Waals surface area contributed by atoms with E-state index in [2.05, 4.69) is 9.97 Å². The molecule has 94 valence electrons. The standard InChI is InChI=1S/C13H21N3O/c1-2-17-8-7-13-15-9-10-11(14)5-3-4-6-12(10)16-13/h9,11H,2-8,14H2,1H3. The second-order valence-corrected chi connectivity index (χ2v) is 4.49. The van der Waals surface area contributed by atoms with Crippen LogP contribution >= 0.6 is 0 Å². The van der Waals surface area contributed by atoms with E-state index in [4.69, 9.17) is 10.5 Å². The summed E-state index contributed by atoms with van der Waals surface area (Å²) in [5, 5.41) is 0. The molecular weight excluding hydrogens is 214 g/mol. The molecule has 0 aliphatic heterocycles. The van der Waals surface area contributed by atoms with E-state index in [-0.39, 0.29) is 6.04 Å². The van der Waals surface area contributed by atoms with Gasteiger partial charge in [-0.3, -0.25) is 0 Å². The van der Waals surface area contributed by atoms with Crippen molar-refractivity contribution in [1.82, 2.24) is 9.97 Å². The zero-order chi connectivity index (χ0) is 12.1. The maximum absolute atomic E-state index is 6.11. The topological polar surface area (TPSA) is 61.0 Å². The number of hydrogen-bond donors (Lipinski definition) is 1. The smallest absolute Gasteiger partial charge is 0.130 e. The summed E-state index contributed by atoms with van der Waals surface area (Å²) in [6.07, 6.45) is 7.16. The molecule has 1 unspecified atom stereocenters. The lowest BCUT2D eigenvalue weighted by Gasteiger charge is -2.12. The minimum atomic E-state index is 0.119. The highest BCUT2D eigenvalue weighted by Crippen LogP contribution is 2.24. The second kappa shape index (κ2) is 6.07. The van der Waals surface area contributed by atoms with Crippen LogP contribution < -0.4 is 5.73 Å². The van der Waals surface area contributed by atoms with Gasteiger partial charge >= 0.3 is 0 Å². The molecule has 1 aliphatic carbocycles. The number of ether oxygens (including phenoxy) is 1. The Morgan fingerprint density at radius 3 is 3.18 bits per heavy atom. The van der Waals surface area contributed by atoms with Gasteiger partial charge in [-0.15, -0.1) is 0 Å². The second-order valence-electron chi connectivity index (χ2n) is 4.49. The van der Waals surface area contributed by atoms with Crippen molar-refractivity contribution in [2.75, 3.05) is 13.2 Å². The van der Waals surface area contributed by atoms with Gasteiger partial charge in [0.2, 0.25) is 0 Å². The highest BCUT2D eigenvalue weighted by molar-refractivity contribution is 5.22. The van der Waals surface area contributed by atoms with E-state index in [9.17, 15) is 0 Å². The molecule has 0 spiro atoms. The maximum atomic E-state index is 6.11. The predicted molar refractivity (Wildman–Crippen MR) is 66.7 cm³/mol. The molecule has 0 saturated carbocycles. The van der Waals surface area contributed by atoms with Gasteiger partial charge in [-0.2, -0.15) is 0 Å². The first kappa shape index (κ1) is 12.5. The Labute approximate surface area is 103 Å². The number of fused-ring (bicyclic) bond motifs is 1. The van der Waals surface area contributed by atoms with Gasteiger partial charge in [0.05, 0.1) is 6.61 Å². The fraction of sp³-hybridized carbons (Fsp3) is 0.692. The molecule has 1 aliphatic rings. The van der Waals surface area contributed by atoms with Gasteiger partial charge < -0.3 is 10.5 Å². The highest BCUT2D eigenvalue weighted by Gasteiger charge is 2.17. The van der Waals surface area contributed by atoms with E-state index in [0.717, 1.165) is 43.0 Å². The summed E-state index contributed by atoms with van der Waals surface area (Å²) in [5.41, 5.74) is 8.40. The van der Waals surface area contributed by atoms with E-state index in [1.807, 2.05) is 13.1 Å². The lowest BCUT2D eigenvalue weighted by Crippen LogP contribution is -2.14. The van der Waals surface area contributed by atoms with Crippen LogP contribution in [0.4, 0.5) is 0 Å². The molecule has 1 aromatic heterocycles. The molecular formula is C13H21N3O. The average molecular weight is 235 g/mol. The summed E-state index contributed by atoms with van der Waals surface area (Å²) in [4.78, 5) is 9.01. The van der Waals surface area contributed by atoms with Gasteiger partial charge in [-0.25, -0.2) is 9.97 Å².